The third-order valence-corrected chi connectivity index (χ3v) is 2.23. The zero-order valence-corrected chi connectivity index (χ0v) is 6.97. The molecular weight excluding hydrogens is 183 g/mol. The molecule has 2 nitrogen and oxygen atoms in total. The Kier molecular flexibility index (Phi) is 1.51. The lowest BCUT2D eigenvalue weighted by Gasteiger charge is -1.90. The smallest absolute Gasteiger partial charge is 0.125 e. The van der Waals surface area contributed by atoms with Crippen molar-refractivity contribution in [2.75, 3.05) is 0 Å². The van der Waals surface area contributed by atoms with Gasteiger partial charge in [-0.1, -0.05) is 11.6 Å². The molecule has 0 unspecified atom stereocenters. The molecule has 0 aromatic carbocycles. The molecule has 0 atom stereocenters. The number of hydrogen-bond donors (Lipinski definition) is 0. The van der Waals surface area contributed by atoms with E-state index >= 15 is 0 Å². The summed E-state index contributed by atoms with van der Waals surface area (Å²) in [5.41, 5.74) is 0.881. The van der Waals surface area contributed by atoms with Crippen molar-refractivity contribution < 1.29 is 0 Å². The molecule has 0 N–H and O–H groups in total. The lowest BCUT2D eigenvalue weighted by molar-refractivity contribution is 1.30. The number of hydrogen-bond acceptors (Lipinski definition) is 1. The van der Waals surface area contributed by atoms with Crippen LogP contribution < -0.4 is 0 Å². The second-order valence-corrected chi connectivity index (χ2v) is 2.91. The van der Waals surface area contributed by atoms with Crippen molar-refractivity contribution in [1.82, 2.24) is 9.07 Å². The first-order chi connectivity index (χ1) is 5.29. The quantitative estimate of drug-likeness (QED) is 0.619. The highest BCUT2D eigenvalue weighted by Crippen LogP contribution is 2.23. The maximum Gasteiger partial charge on any atom is 0.125 e. The Morgan fingerprint density at radius 3 is 3.00 bits per heavy atom. The SMILES string of the molecule is Clc1cc2cnccc2n1Cl. The molecule has 0 bridgehead atoms. The summed E-state index contributed by atoms with van der Waals surface area (Å²) in [5, 5.41) is 1.46. The first-order valence-electron chi connectivity index (χ1n) is 3.06. The molecule has 2 aromatic rings. The molecule has 56 valence electrons. The molecule has 4 heteroatoms. The van der Waals surface area contributed by atoms with Gasteiger partial charge in [0.1, 0.15) is 5.15 Å². The lowest BCUT2D eigenvalue weighted by Crippen LogP contribution is -1.77. The van der Waals surface area contributed by atoms with Gasteiger partial charge < -0.3 is 0 Å². The minimum atomic E-state index is 0.509. The molecule has 0 saturated heterocycles. The van der Waals surface area contributed by atoms with E-state index in [2.05, 4.69) is 4.98 Å². The van der Waals surface area contributed by atoms with Gasteiger partial charge in [-0.2, -0.15) is 0 Å². The summed E-state index contributed by atoms with van der Waals surface area (Å²) >= 11 is 11.6. The standard InChI is InChI=1S/C7H4Cl2N2/c8-7-3-5-4-10-2-1-6(5)11(7)9/h1-4H. The number of aromatic nitrogens is 2. The van der Waals surface area contributed by atoms with Crippen LogP contribution in [0.5, 0.6) is 0 Å². The summed E-state index contributed by atoms with van der Waals surface area (Å²) in [6.45, 7) is 0. The molecule has 0 amide bonds. The van der Waals surface area contributed by atoms with E-state index in [1.54, 1.807) is 18.5 Å². The van der Waals surface area contributed by atoms with Gasteiger partial charge in [-0.05, 0) is 12.1 Å². The monoisotopic (exact) mass is 186 g/mol. The van der Waals surface area contributed by atoms with Crippen LogP contribution in [0.4, 0.5) is 0 Å². The Morgan fingerprint density at radius 1 is 1.45 bits per heavy atom. The van der Waals surface area contributed by atoms with Gasteiger partial charge in [-0.25, -0.2) is 4.09 Å². The molecular formula is C7H4Cl2N2. The summed E-state index contributed by atoms with van der Waals surface area (Å²) in [6, 6.07) is 3.59. The summed E-state index contributed by atoms with van der Waals surface area (Å²) in [6.07, 6.45) is 3.40. The molecule has 0 aliphatic rings. The Balaban J connectivity index is 2.92. The van der Waals surface area contributed by atoms with E-state index in [0.29, 0.717) is 5.15 Å². The summed E-state index contributed by atoms with van der Waals surface area (Å²) < 4.78 is 1.40. The van der Waals surface area contributed by atoms with Crippen molar-refractivity contribution in [1.29, 1.82) is 0 Å². The first kappa shape index (κ1) is 6.95. The number of fused-ring (bicyclic) bond motifs is 1. The molecule has 2 heterocycles. The van der Waals surface area contributed by atoms with E-state index < -0.39 is 0 Å². The van der Waals surface area contributed by atoms with Crippen molar-refractivity contribution in [3.63, 3.8) is 0 Å². The maximum atomic E-state index is 5.80. The Bertz CT molecular complexity index is 394. The molecule has 2 aromatic heterocycles. The van der Waals surface area contributed by atoms with Crippen molar-refractivity contribution >= 4 is 34.3 Å². The van der Waals surface area contributed by atoms with Gasteiger partial charge in [0.2, 0.25) is 0 Å². The lowest BCUT2D eigenvalue weighted by atomic mass is 10.3. The average Bonchev–Trinajstić information content (AvgIpc) is 2.30. The van der Waals surface area contributed by atoms with Crippen LogP contribution in [0.1, 0.15) is 0 Å². The van der Waals surface area contributed by atoms with E-state index in [4.69, 9.17) is 23.4 Å². The highest BCUT2D eigenvalue weighted by atomic mass is 35.5. The summed E-state index contributed by atoms with van der Waals surface area (Å²) in [4.78, 5) is 3.94. The Morgan fingerprint density at radius 2 is 2.27 bits per heavy atom. The second-order valence-electron chi connectivity index (χ2n) is 2.18. The zero-order valence-electron chi connectivity index (χ0n) is 5.46. The first-order valence-corrected chi connectivity index (χ1v) is 3.78. The van der Waals surface area contributed by atoms with Gasteiger partial charge in [0.25, 0.3) is 0 Å². The van der Waals surface area contributed by atoms with Crippen LogP contribution in [0.2, 0.25) is 5.15 Å². The Labute approximate surface area is 73.5 Å². The van der Waals surface area contributed by atoms with Crippen LogP contribution in [0.25, 0.3) is 10.9 Å². The Hall–Kier alpha value is -0.730. The second kappa shape index (κ2) is 2.40. The normalized spacial score (nSPS) is 10.7. The topological polar surface area (TPSA) is 17.8 Å². The molecule has 2 rings (SSSR count). The third kappa shape index (κ3) is 0.988. The van der Waals surface area contributed by atoms with Crippen molar-refractivity contribution in [2.45, 2.75) is 0 Å². The van der Waals surface area contributed by atoms with Gasteiger partial charge in [0.15, 0.2) is 0 Å². The van der Waals surface area contributed by atoms with Crippen LogP contribution in [0.15, 0.2) is 24.5 Å². The maximum absolute atomic E-state index is 5.80. The highest BCUT2D eigenvalue weighted by molar-refractivity contribution is 6.35. The minimum absolute atomic E-state index is 0.509. The highest BCUT2D eigenvalue weighted by Gasteiger charge is 2.02. The van der Waals surface area contributed by atoms with E-state index in [1.807, 2.05) is 6.07 Å². The van der Waals surface area contributed by atoms with E-state index in [-0.39, 0.29) is 0 Å². The van der Waals surface area contributed by atoms with E-state index in [1.165, 1.54) is 4.09 Å². The molecule has 0 saturated carbocycles. The molecule has 0 spiro atoms. The van der Waals surface area contributed by atoms with E-state index in [9.17, 15) is 0 Å². The van der Waals surface area contributed by atoms with E-state index in [0.717, 1.165) is 10.9 Å². The molecule has 0 aliphatic carbocycles. The van der Waals surface area contributed by atoms with Crippen LogP contribution in [0, 0.1) is 0 Å². The van der Waals surface area contributed by atoms with Gasteiger partial charge in [0.05, 0.1) is 5.52 Å². The molecule has 0 aliphatic heterocycles. The summed E-state index contributed by atoms with van der Waals surface area (Å²) in [5.74, 6) is 0. The fraction of sp³-hybridized carbons (Fsp3) is 0. The third-order valence-electron chi connectivity index (χ3n) is 1.50. The summed E-state index contributed by atoms with van der Waals surface area (Å²) in [7, 11) is 0. The largest absolute Gasteiger partial charge is 0.264 e. The number of pyridine rings is 1. The predicted octanol–water partition coefficient (Wildman–Crippen LogP) is 2.69. The van der Waals surface area contributed by atoms with Crippen LogP contribution in [-0.4, -0.2) is 9.07 Å². The fourth-order valence-corrected chi connectivity index (χ4v) is 1.40. The van der Waals surface area contributed by atoms with Crippen molar-refractivity contribution in [3.8, 4) is 0 Å². The molecule has 11 heavy (non-hydrogen) atoms. The predicted molar refractivity (Wildman–Crippen MR) is 46.0 cm³/mol. The molecule has 0 radical (unpaired) electrons. The van der Waals surface area contributed by atoms with Crippen LogP contribution in [0.3, 0.4) is 0 Å². The van der Waals surface area contributed by atoms with Gasteiger partial charge in [0, 0.05) is 29.6 Å². The zero-order chi connectivity index (χ0) is 7.84. The molecule has 0 fully saturated rings. The fourth-order valence-electron chi connectivity index (χ4n) is 0.989. The van der Waals surface area contributed by atoms with Gasteiger partial charge >= 0.3 is 0 Å². The number of rotatable bonds is 0. The van der Waals surface area contributed by atoms with Crippen molar-refractivity contribution in [3.05, 3.63) is 29.7 Å². The van der Waals surface area contributed by atoms with Crippen molar-refractivity contribution in [2.24, 2.45) is 0 Å². The average molecular weight is 187 g/mol. The van der Waals surface area contributed by atoms with Gasteiger partial charge in [-0.3, -0.25) is 4.98 Å². The number of halogens is 2. The van der Waals surface area contributed by atoms with Crippen LogP contribution >= 0.6 is 23.4 Å². The minimum Gasteiger partial charge on any atom is -0.264 e. The van der Waals surface area contributed by atoms with Gasteiger partial charge in [-0.15, -0.1) is 0 Å². The number of nitrogens with zero attached hydrogens (tertiary/aromatic N) is 2. The van der Waals surface area contributed by atoms with Crippen LogP contribution in [-0.2, 0) is 0 Å².